The van der Waals surface area contributed by atoms with Gasteiger partial charge in [0.2, 0.25) is 10.0 Å². The molecule has 0 aliphatic carbocycles. The van der Waals surface area contributed by atoms with Crippen LogP contribution in [0.1, 0.15) is 18.4 Å². The third kappa shape index (κ3) is 4.65. The smallest absolute Gasteiger partial charge is 0.211 e. The van der Waals surface area contributed by atoms with Crippen molar-refractivity contribution in [3.63, 3.8) is 0 Å². The predicted molar refractivity (Wildman–Crippen MR) is 91.5 cm³/mol. The number of unbranched alkanes of at least 4 members (excludes halogenated alkanes) is 1. The molecule has 2 rings (SSSR count). The fourth-order valence-electron chi connectivity index (χ4n) is 2.21. The van der Waals surface area contributed by atoms with Gasteiger partial charge in [0.15, 0.2) is 0 Å². The summed E-state index contributed by atoms with van der Waals surface area (Å²) in [6, 6.07) is 11.5. The molecule has 0 aliphatic heterocycles. The number of anilines is 1. The Morgan fingerprint density at radius 1 is 1.30 bits per heavy atom. The van der Waals surface area contributed by atoms with Crippen molar-refractivity contribution < 1.29 is 8.42 Å². The lowest BCUT2D eigenvalue weighted by Crippen LogP contribution is -2.26. The van der Waals surface area contributed by atoms with Gasteiger partial charge in [0.05, 0.1) is 17.3 Å². The maximum absolute atomic E-state index is 12.0. The predicted octanol–water partition coefficient (Wildman–Crippen LogP) is 2.02. The topological polar surface area (TPSA) is 86.1 Å². The van der Waals surface area contributed by atoms with Crippen LogP contribution >= 0.6 is 0 Å². The van der Waals surface area contributed by atoms with Crippen molar-refractivity contribution in [2.45, 2.75) is 19.4 Å². The number of nitrogens with zero attached hydrogens (tertiary/aromatic N) is 3. The zero-order valence-corrected chi connectivity index (χ0v) is 14.1. The largest absolute Gasteiger partial charge is 0.363 e. The van der Waals surface area contributed by atoms with E-state index >= 15 is 0 Å². The summed E-state index contributed by atoms with van der Waals surface area (Å²) in [6.45, 7) is 0.207. The number of nitrogens with one attached hydrogen (secondary N) is 1. The van der Waals surface area contributed by atoms with E-state index in [1.54, 1.807) is 0 Å². The second-order valence-corrected chi connectivity index (χ2v) is 7.38. The number of fused-ring (bicyclic) bond motifs is 1. The Bertz CT molecular complexity index is 826. The molecular formula is C16H20N4O2S. The molecule has 23 heavy (non-hydrogen) atoms. The van der Waals surface area contributed by atoms with E-state index in [2.05, 4.69) is 9.71 Å². The van der Waals surface area contributed by atoms with Gasteiger partial charge < -0.3 is 4.90 Å². The summed E-state index contributed by atoms with van der Waals surface area (Å²) in [5, 5.41) is 9.42. The van der Waals surface area contributed by atoms with E-state index in [-0.39, 0.29) is 18.7 Å². The molecule has 1 aromatic heterocycles. The fourth-order valence-corrected chi connectivity index (χ4v) is 3.25. The number of sulfonamides is 1. The van der Waals surface area contributed by atoms with Gasteiger partial charge >= 0.3 is 0 Å². The minimum Gasteiger partial charge on any atom is -0.363 e. The maximum Gasteiger partial charge on any atom is 0.211 e. The highest BCUT2D eigenvalue weighted by Crippen LogP contribution is 2.22. The number of aromatic nitrogens is 1. The Morgan fingerprint density at radius 3 is 2.74 bits per heavy atom. The second-order valence-electron chi connectivity index (χ2n) is 5.45. The minimum absolute atomic E-state index is 0.0376. The zero-order chi connectivity index (χ0) is 16.9. The van der Waals surface area contributed by atoms with Gasteiger partial charge in [-0.15, -0.1) is 0 Å². The van der Waals surface area contributed by atoms with Gasteiger partial charge in [0.1, 0.15) is 5.82 Å². The lowest BCUT2D eigenvalue weighted by Gasteiger charge is -2.15. The molecule has 1 aromatic carbocycles. The Kier molecular flexibility index (Phi) is 5.53. The molecule has 122 valence electrons. The highest BCUT2D eigenvalue weighted by molar-refractivity contribution is 7.89. The van der Waals surface area contributed by atoms with Crippen molar-refractivity contribution in [3.8, 4) is 6.07 Å². The quantitative estimate of drug-likeness (QED) is 0.784. The van der Waals surface area contributed by atoms with Crippen LogP contribution in [0.2, 0.25) is 0 Å². The third-order valence-electron chi connectivity index (χ3n) is 3.43. The molecule has 0 bridgehead atoms. The molecule has 1 N–H and O–H groups in total. The van der Waals surface area contributed by atoms with E-state index in [4.69, 9.17) is 5.26 Å². The molecule has 0 unspecified atom stereocenters. The molecule has 0 fully saturated rings. The second kappa shape index (κ2) is 7.40. The first-order valence-corrected chi connectivity index (χ1v) is 8.98. The SMILES string of the molecule is CN(C)c1cc(CNS(=O)(=O)CCCC#N)c2ccccc2n1. The summed E-state index contributed by atoms with van der Waals surface area (Å²) in [7, 11) is 0.403. The van der Waals surface area contributed by atoms with Crippen molar-refractivity contribution in [1.29, 1.82) is 5.26 Å². The van der Waals surface area contributed by atoms with Gasteiger partial charge in [-0.25, -0.2) is 18.1 Å². The van der Waals surface area contributed by atoms with Crippen LogP contribution in [0.4, 0.5) is 5.82 Å². The van der Waals surface area contributed by atoms with Crippen LogP contribution in [-0.4, -0.2) is 33.2 Å². The Balaban J connectivity index is 2.24. The van der Waals surface area contributed by atoms with Crippen molar-refractivity contribution in [2.24, 2.45) is 0 Å². The molecule has 0 aliphatic rings. The number of nitriles is 1. The van der Waals surface area contributed by atoms with Gasteiger partial charge in [0.25, 0.3) is 0 Å². The van der Waals surface area contributed by atoms with E-state index < -0.39 is 10.0 Å². The first kappa shape index (κ1) is 17.2. The van der Waals surface area contributed by atoms with Crippen LogP contribution in [0.5, 0.6) is 0 Å². The fraction of sp³-hybridized carbons (Fsp3) is 0.375. The third-order valence-corrected chi connectivity index (χ3v) is 4.84. The summed E-state index contributed by atoms with van der Waals surface area (Å²) in [5.74, 6) is 0.742. The molecular weight excluding hydrogens is 312 g/mol. The summed E-state index contributed by atoms with van der Waals surface area (Å²) in [4.78, 5) is 6.44. The first-order valence-electron chi connectivity index (χ1n) is 7.33. The first-order chi connectivity index (χ1) is 10.9. The standard InChI is InChI=1S/C16H20N4O2S/c1-20(2)16-11-13(14-7-3-4-8-15(14)19-16)12-18-23(21,22)10-6-5-9-17/h3-4,7-8,11,18H,5-6,10,12H2,1-2H3. The van der Waals surface area contributed by atoms with E-state index in [0.29, 0.717) is 6.42 Å². The minimum atomic E-state index is -3.39. The summed E-state index contributed by atoms with van der Waals surface area (Å²) in [6.07, 6.45) is 0.579. The van der Waals surface area contributed by atoms with Gasteiger partial charge in [-0.2, -0.15) is 5.26 Å². The summed E-state index contributed by atoms with van der Waals surface area (Å²) >= 11 is 0. The molecule has 0 radical (unpaired) electrons. The maximum atomic E-state index is 12.0. The number of para-hydroxylation sites is 1. The van der Waals surface area contributed by atoms with Crippen molar-refractivity contribution in [1.82, 2.24) is 9.71 Å². The van der Waals surface area contributed by atoms with Gasteiger partial charge in [-0.3, -0.25) is 0 Å². The summed E-state index contributed by atoms with van der Waals surface area (Å²) in [5.41, 5.74) is 1.71. The molecule has 0 saturated heterocycles. The molecule has 7 heteroatoms. The van der Waals surface area contributed by atoms with Crippen LogP contribution in [0, 0.1) is 11.3 Å². The lowest BCUT2D eigenvalue weighted by atomic mass is 10.1. The van der Waals surface area contributed by atoms with Gasteiger partial charge in [-0.05, 0) is 24.1 Å². The summed E-state index contributed by atoms with van der Waals surface area (Å²) < 4.78 is 26.6. The van der Waals surface area contributed by atoms with Crippen LogP contribution in [0.3, 0.4) is 0 Å². The molecule has 2 aromatic rings. The molecule has 6 nitrogen and oxygen atoms in total. The highest BCUT2D eigenvalue weighted by Gasteiger charge is 2.12. The van der Waals surface area contributed by atoms with Crippen molar-refractivity contribution >= 4 is 26.7 Å². The van der Waals surface area contributed by atoms with Crippen LogP contribution < -0.4 is 9.62 Å². The average molecular weight is 332 g/mol. The van der Waals surface area contributed by atoms with Crippen LogP contribution in [0.25, 0.3) is 10.9 Å². The number of benzene rings is 1. The molecule has 0 atom stereocenters. The van der Waals surface area contributed by atoms with Gasteiger partial charge in [0, 0.05) is 32.4 Å². The van der Waals surface area contributed by atoms with Crippen molar-refractivity contribution in [3.05, 3.63) is 35.9 Å². The normalized spacial score (nSPS) is 11.3. The molecule has 0 amide bonds. The van der Waals surface area contributed by atoms with Crippen LogP contribution in [-0.2, 0) is 16.6 Å². The highest BCUT2D eigenvalue weighted by atomic mass is 32.2. The zero-order valence-electron chi connectivity index (χ0n) is 13.3. The number of rotatable bonds is 7. The lowest BCUT2D eigenvalue weighted by molar-refractivity contribution is 0.579. The monoisotopic (exact) mass is 332 g/mol. The van der Waals surface area contributed by atoms with Gasteiger partial charge in [-0.1, -0.05) is 18.2 Å². The molecule has 1 heterocycles. The van der Waals surface area contributed by atoms with E-state index in [1.807, 2.05) is 55.4 Å². The average Bonchev–Trinajstić information content (AvgIpc) is 2.52. The Morgan fingerprint density at radius 2 is 2.04 bits per heavy atom. The molecule has 0 saturated carbocycles. The molecule has 0 spiro atoms. The van der Waals surface area contributed by atoms with E-state index in [0.717, 1.165) is 22.3 Å². The number of pyridine rings is 1. The van der Waals surface area contributed by atoms with Crippen LogP contribution in [0.15, 0.2) is 30.3 Å². The number of hydrogen-bond acceptors (Lipinski definition) is 5. The van der Waals surface area contributed by atoms with E-state index in [9.17, 15) is 8.42 Å². The Hall–Kier alpha value is -2.17. The number of hydrogen-bond donors (Lipinski definition) is 1. The van der Waals surface area contributed by atoms with Crippen molar-refractivity contribution in [2.75, 3.05) is 24.7 Å². The Labute approximate surface area is 136 Å². The van der Waals surface area contributed by atoms with E-state index in [1.165, 1.54) is 0 Å².